The van der Waals surface area contributed by atoms with Crippen LogP contribution in [0.5, 0.6) is 5.75 Å². The van der Waals surface area contributed by atoms with Gasteiger partial charge in [0.15, 0.2) is 6.61 Å². The molecule has 8 heteroatoms. The molecule has 2 amide bonds. The lowest BCUT2D eigenvalue weighted by Gasteiger charge is -2.14. The van der Waals surface area contributed by atoms with Gasteiger partial charge in [-0.15, -0.1) is 0 Å². The van der Waals surface area contributed by atoms with Crippen molar-refractivity contribution in [3.63, 3.8) is 0 Å². The van der Waals surface area contributed by atoms with E-state index in [4.69, 9.17) is 27.5 Å². The Morgan fingerprint density at radius 3 is 2.56 bits per heavy atom. The van der Waals surface area contributed by atoms with Gasteiger partial charge in [0, 0.05) is 35.3 Å². The van der Waals surface area contributed by atoms with Crippen molar-refractivity contribution in [3.8, 4) is 5.75 Å². The maximum Gasteiger partial charge on any atom is 0.257 e. The number of halogens is 1. The highest BCUT2D eigenvalue weighted by atomic mass is 35.5. The summed E-state index contributed by atoms with van der Waals surface area (Å²) in [5.41, 5.74) is 7.95. The Hall–Kier alpha value is -3.06. The molecular formula is C19H21ClN4O3. The number of nitrogens with one attached hydrogen (secondary N) is 3. The molecule has 142 valence electrons. The molecule has 0 saturated carbocycles. The second kappa shape index (κ2) is 9.05. The summed E-state index contributed by atoms with van der Waals surface area (Å²) in [4.78, 5) is 23.8. The summed E-state index contributed by atoms with van der Waals surface area (Å²) >= 11 is 6.00. The lowest BCUT2D eigenvalue weighted by Crippen LogP contribution is -2.26. The fourth-order valence-corrected chi connectivity index (χ4v) is 2.65. The Morgan fingerprint density at radius 1 is 1.19 bits per heavy atom. The van der Waals surface area contributed by atoms with Crippen molar-refractivity contribution in [2.75, 3.05) is 13.7 Å². The van der Waals surface area contributed by atoms with Gasteiger partial charge in [-0.3, -0.25) is 15.0 Å². The first-order valence-electron chi connectivity index (χ1n) is 8.16. The molecule has 0 unspecified atom stereocenters. The van der Waals surface area contributed by atoms with Crippen LogP contribution in [0.25, 0.3) is 0 Å². The smallest absolute Gasteiger partial charge is 0.257 e. The number of hydrogen-bond donors (Lipinski definition) is 4. The average molecular weight is 389 g/mol. The third kappa shape index (κ3) is 5.72. The van der Waals surface area contributed by atoms with Crippen LogP contribution in [0.3, 0.4) is 0 Å². The fraction of sp³-hybridized carbons (Fsp3) is 0.211. The molecule has 2 rings (SSSR count). The molecule has 0 saturated heterocycles. The van der Waals surface area contributed by atoms with Gasteiger partial charge in [0.25, 0.3) is 11.8 Å². The Labute approximate surface area is 162 Å². The molecule has 0 spiro atoms. The zero-order valence-electron chi connectivity index (χ0n) is 15.1. The van der Waals surface area contributed by atoms with E-state index in [0.717, 1.165) is 5.56 Å². The first kappa shape index (κ1) is 20.3. The summed E-state index contributed by atoms with van der Waals surface area (Å²) in [6.45, 7) is 1.84. The number of amides is 2. The van der Waals surface area contributed by atoms with E-state index in [9.17, 15) is 9.59 Å². The highest BCUT2D eigenvalue weighted by molar-refractivity contribution is 6.31. The van der Waals surface area contributed by atoms with Crippen LogP contribution in [0.2, 0.25) is 5.02 Å². The number of amidine groups is 1. The predicted molar refractivity (Wildman–Crippen MR) is 104 cm³/mol. The number of carbonyl (C=O) groups is 2. The maximum absolute atomic E-state index is 12.4. The molecule has 0 heterocycles. The summed E-state index contributed by atoms with van der Waals surface area (Å²) in [7, 11) is 1.51. The Balaban J connectivity index is 2.17. The predicted octanol–water partition coefficient (Wildman–Crippen LogP) is 1.99. The van der Waals surface area contributed by atoms with Crippen molar-refractivity contribution in [3.05, 3.63) is 63.7 Å². The number of benzene rings is 2. The van der Waals surface area contributed by atoms with Gasteiger partial charge < -0.3 is 21.1 Å². The molecule has 27 heavy (non-hydrogen) atoms. The average Bonchev–Trinajstić information content (AvgIpc) is 2.63. The van der Waals surface area contributed by atoms with E-state index in [2.05, 4.69) is 10.6 Å². The number of rotatable bonds is 7. The highest BCUT2D eigenvalue weighted by Gasteiger charge is 2.12. The first-order chi connectivity index (χ1) is 12.8. The van der Waals surface area contributed by atoms with E-state index in [0.29, 0.717) is 27.5 Å². The van der Waals surface area contributed by atoms with Crippen LogP contribution >= 0.6 is 11.6 Å². The molecule has 2 aromatic rings. The number of likely N-dealkylation sites (N-methyl/N-ethyl adjacent to an activating group) is 1. The monoisotopic (exact) mass is 388 g/mol. The summed E-state index contributed by atoms with van der Waals surface area (Å²) in [5.74, 6) is -0.334. The number of ether oxygens (including phenoxy) is 1. The molecule has 0 bridgehead atoms. The summed E-state index contributed by atoms with van der Waals surface area (Å²) < 4.78 is 5.52. The van der Waals surface area contributed by atoms with Crippen molar-refractivity contribution in [1.29, 1.82) is 5.41 Å². The van der Waals surface area contributed by atoms with E-state index >= 15 is 0 Å². The number of hydrogen-bond acceptors (Lipinski definition) is 4. The second-order valence-electron chi connectivity index (χ2n) is 5.90. The van der Waals surface area contributed by atoms with Crippen molar-refractivity contribution in [2.45, 2.75) is 13.5 Å². The molecular weight excluding hydrogens is 368 g/mol. The van der Waals surface area contributed by atoms with Crippen molar-refractivity contribution >= 4 is 29.3 Å². The van der Waals surface area contributed by atoms with Crippen LogP contribution in [0.15, 0.2) is 36.4 Å². The molecule has 0 atom stereocenters. The van der Waals surface area contributed by atoms with E-state index in [1.807, 2.05) is 6.92 Å². The van der Waals surface area contributed by atoms with Gasteiger partial charge in [0.05, 0.1) is 0 Å². The number of aryl methyl sites for hydroxylation is 1. The SMILES string of the molecule is CNC(=O)COc1cc(C(=N)N)ccc1CNC(=O)c1cc(C)cc(Cl)c1. The van der Waals surface area contributed by atoms with Gasteiger partial charge in [-0.2, -0.15) is 0 Å². The molecule has 0 fully saturated rings. The van der Waals surface area contributed by atoms with Gasteiger partial charge in [0.2, 0.25) is 0 Å². The molecule has 0 aromatic heterocycles. The topological polar surface area (TPSA) is 117 Å². The lowest BCUT2D eigenvalue weighted by atomic mass is 10.1. The lowest BCUT2D eigenvalue weighted by molar-refractivity contribution is -0.122. The molecule has 5 N–H and O–H groups in total. The third-order valence-electron chi connectivity index (χ3n) is 3.76. The molecule has 2 aromatic carbocycles. The maximum atomic E-state index is 12.4. The Morgan fingerprint density at radius 2 is 1.93 bits per heavy atom. The molecule has 0 aliphatic carbocycles. The molecule has 0 radical (unpaired) electrons. The van der Waals surface area contributed by atoms with Crippen LogP contribution in [0.4, 0.5) is 0 Å². The minimum absolute atomic E-state index is 0.121. The van der Waals surface area contributed by atoms with Crippen LogP contribution < -0.4 is 21.1 Å². The van der Waals surface area contributed by atoms with Crippen LogP contribution in [-0.4, -0.2) is 31.3 Å². The fourth-order valence-electron chi connectivity index (χ4n) is 2.36. The largest absolute Gasteiger partial charge is 0.483 e. The molecule has 7 nitrogen and oxygen atoms in total. The van der Waals surface area contributed by atoms with E-state index in [1.54, 1.807) is 36.4 Å². The zero-order valence-corrected chi connectivity index (χ0v) is 15.8. The van der Waals surface area contributed by atoms with Gasteiger partial charge in [-0.1, -0.05) is 23.7 Å². The van der Waals surface area contributed by atoms with Crippen LogP contribution in [-0.2, 0) is 11.3 Å². The standard InChI is InChI=1S/C19H21ClN4O3/c1-11-5-14(7-15(20)6-11)19(26)24-9-13-4-3-12(18(21)22)8-16(13)27-10-17(25)23-2/h3-8H,9-10H2,1-2H3,(H3,21,22)(H,23,25)(H,24,26). The van der Waals surface area contributed by atoms with Gasteiger partial charge in [-0.25, -0.2) is 0 Å². The first-order valence-corrected chi connectivity index (χ1v) is 8.54. The number of nitrogen functional groups attached to an aromatic ring is 1. The number of carbonyl (C=O) groups excluding carboxylic acids is 2. The van der Waals surface area contributed by atoms with E-state index in [1.165, 1.54) is 7.05 Å². The second-order valence-corrected chi connectivity index (χ2v) is 6.33. The van der Waals surface area contributed by atoms with E-state index < -0.39 is 0 Å². The van der Waals surface area contributed by atoms with Gasteiger partial charge in [0.1, 0.15) is 11.6 Å². The Bertz CT molecular complexity index is 863. The van der Waals surface area contributed by atoms with E-state index in [-0.39, 0.29) is 30.8 Å². The quantitative estimate of drug-likeness (QED) is 0.428. The Kier molecular flexibility index (Phi) is 6.79. The zero-order chi connectivity index (χ0) is 20.0. The number of nitrogens with two attached hydrogens (primary N) is 1. The summed E-state index contributed by atoms with van der Waals surface area (Å²) in [5, 5.41) is 13.3. The minimum Gasteiger partial charge on any atom is -0.483 e. The van der Waals surface area contributed by atoms with Gasteiger partial charge in [-0.05, 0) is 36.8 Å². The van der Waals surface area contributed by atoms with Crippen molar-refractivity contribution in [2.24, 2.45) is 5.73 Å². The third-order valence-corrected chi connectivity index (χ3v) is 3.98. The van der Waals surface area contributed by atoms with Gasteiger partial charge >= 0.3 is 0 Å². The van der Waals surface area contributed by atoms with Crippen molar-refractivity contribution in [1.82, 2.24) is 10.6 Å². The minimum atomic E-state index is -0.299. The normalized spacial score (nSPS) is 10.2. The highest BCUT2D eigenvalue weighted by Crippen LogP contribution is 2.21. The summed E-state index contributed by atoms with van der Waals surface area (Å²) in [6.07, 6.45) is 0. The molecule has 0 aliphatic heterocycles. The van der Waals surface area contributed by atoms with Crippen molar-refractivity contribution < 1.29 is 14.3 Å². The summed E-state index contributed by atoms with van der Waals surface area (Å²) in [6, 6.07) is 10.0. The molecule has 0 aliphatic rings. The van der Waals surface area contributed by atoms with Crippen LogP contribution in [0.1, 0.15) is 27.0 Å². The van der Waals surface area contributed by atoms with Crippen LogP contribution in [0, 0.1) is 12.3 Å².